The molecule has 0 aliphatic rings. The summed E-state index contributed by atoms with van der Waals surface area (Å²) in [6, 6.07) is 7.52. The van der Waals surface area contributed by atoms with Gasteiger partial charge in [0.1, 0.15) is 11.5 Å². The zero-order chi connectivity index (χ0) is 30.6. The smallest absolute Gasteiger partial charge is 0.404 e. The van der Waals surface area contributed by atoms with E-state index in [1.54, 1.807) is 0 Å². The molecule has 0 amide bonds. The third-order valence-electron chi connectivity index (χ3n) is 6.48. The second-order valence-electron chi connectivity index (χ2n) is 14.4. The highest BCUT2D eigenvalue weighted by atomic mass is 31.2. The largest absolute Gasteiger partial charge is 0.524 e. The van der Waals surface area contributed by atoms with Crippen LogP contribution in [0.3, 0.4) is 0 Å². The van der Waals surface area contributed by atoms with E-state index in [1.807, 2.05) is 107 Å². The highest BCUT2D eigenvalue weighted by Gasteiger charge is 2.33. The van der Waals surface area contributed by atoms with Crippen LogP contribution in [0.25, 0.3) is 0 Å². The van der Waals surface area contributed by atoms with E-state index in [4.69, 9.17) is 9.05 Å². The fourth-order valence-electron chi connectivity index (χ4n) is 4.28. The van der Waals surface area contributed by atoms with Crippen molar-refractivity contribution >= 4 is 38.7 Å². The normalized spacial score (nSPS) is 13.6. The average Bonchev–Trinajstić information content (AvgIpc) is 2.64. The molecule has 0 heterocycles. The van der Waals surface area contributed by atoms with Gasteiger partial charge in [0.2, 0.25) is 0 Å². The third kappa shape index (κ3) is 10.1. The summed E-state index contributed by atoms with van der Waals surface area (Å²) in [4.78, 5) is 39.4. The van der Waals surface area contributed by atoms with Gasteiger partial charge >= 0.3 is 38.7 Å². The molecule has 0 saturated heterocycles. The summed E-state index contributed by atoms with van der Waals surface area (Å²) in [6.45, 7) is 23.9. The Labute approximate surface area is 255 Å². The minimum absolute atomic E-state index is 0. The molecule has 0 aliphatic heterocycles. The van der Waals surface area contributed by atoms with Crippen molar-refractivity contribution in [1.29, 1.82) is 0 Å². The molecule has 224 valence electrons. The van der Waals surface area contributed by atoms with Gasteiger partial charge in [-0.3, -0.25) is 19.6 Å². The van der Waals surface area contributed by atoms with E-state index in [-0.39, 0.29) is 51.8 Å². The van der Waals surface area contributed by atoms with Crippen molar-refractivity contribution in [2.45, 2.75) is 111 Å². The average molecular weight is 611 g/mol. The third-order valence-corrected chi connectivity index (χ3v) is 7.32. The van der Waals surface area contributed by atoms with E-state index in [2.05, 4.69) is 0 Å². The van der Waals surface area contributed by atoms with Crippen LogP contribution in [-0.4, -0.2) is 42.6 Å². The van der Waals surface area contributed by atoms with Crippen LogP contribution in [0.1, 0.15) is 116 Å². The summed E-state index contributed by atoms with van der Waals surface area (Å²) in [5, 5.41) is 0. The molecule has 0 fully saturated rings. The lowest BCUT2D eigenvalue weighted by atomic mass is 9.76. The maximum Gasteiger partial charge on any atom is 0.524 e. The maximum atomic E-state index is 12.1. The van der Waals surface area contributed by atoms with Gasteiger partial charge in [0.25, 0.3) is 0 Å². The Bertz CT molecular complexity index is 1210. The lowest BCUT2D eigenvalue weighted by molar-refractivity contribution is 0.278. The minimum Gasteiger partial charge on any atom is -0.404 e. The van der Waals surface area contributed by atoms with Crippen LogP contribution >= 0.6 is 15.6 Å². The first-order valence-corrected chi connectivity index (χ1v) is 16.0. The second kappa shape index (κ2) is 12.0. The lowest BCUT2D eigenvalue weighted by Crippen LogP contribution is -2.20. The van der Waals surface area contributed by atoms with E-state index in [1.165, 1.54) is 0 Å². The standard InChI is InChI=1S/C29H46O8P2.Mg.2H/c1-26(2,3)20-14-18(24(36-38(30,31)32)22(16-20)28(7,8)9)13-19-15-21(27(4,5)6)17-23(29(10,11)12)25(19)37-39(33,34)35;;;/h14-17H,13H2,1-12H3,(H2,30,31,32)(H2,33,34,35);;;. The molecule has 11 heteroatoms. The lowest BCUT2D eigenvalue weighted by Gasteiger charge is -2.31. The summed E-state index contributed by atoms with van der Waals surface area (Å²) in [5.41, 5.74) is 2.40. The van der Waals surface area contributed by atoms with Crippen LogP contribution in [0, 0.1) is 0 Å². The molecule has 0 radical (unpaired) electrons. The van der Waals surface area contributed by atoms with Crippen molar-refractivity contribution in [1.82, 2.24) is 0 Å². The zero-order valence-electron chi connectivity index (χ0n) is 25.3. The molecule has 2 aromatic rings. The zero-order valence-corrected chi connectivity index (χ0v) is 27.1. The van der Waals surface area contributed by atoms with Gasteiger partial charge in [0.05, 0.1) is 0 Å². The molecular formula is C29H48MgO8P2. The molecule has 0 bridgehead atoms. The molecule has 0 aliphatic carbocycles. The number of hydrogen-bond acceptors (Lipinski definition) is 4. The Morgan fingerprint density at radius 1 is 0.550 bits per heavy atom. The first kappa shape index (κ1) is 37.1. The van der Waals surface area contributed by atoms with Crippen LogP contribution in [-0.2, 0) is 37.2 Å². The van der Waals surface area contributed by atoms with Crippen molar-refractivity contribution in [2.75, 3.05) is 0 Å². The highest BCUT2D eigenvalue weighted by molar-refractivity contribution is 7.47. The molecule has 2 aromatic carbocycles. The molecule has 4 N–H and O–H groups in total. The Morgan fingerprint density at radius 3 is 1.02 bits per heavy atom. The van der Waals surface area contributed by atoms with Crippen molar-refractivity contribution in [3.63, 3.8) is 0 Å². The summed E-state index contributed by atoms with van der Waals surface area (Å²) in [6.07, 6.45) is 0.0602. The SMILES string of the molecule is CC(C)(C)c1cc(Cc2cc(C(C)(C)C)cc(C(C)(C)C)c2OP(=O)(O)O)c(OP(=O)(O)O)c(C(C)(C)C)c1.[MgH2]. The summed E-state index contributed by atoms with van der Waals surface area (Å²) < 4.78 is 35.0. The van der Waals surface area contributed by atoms with E-state index >= 15 is 0 Å². The Kier molecular flexibility index (Phi) is 11.1. The van der Waals surface area contributed by atoms with Gasteiger partial charge in [-0.15, -0.1) is 0 Å². The van der Waals surface area contributed by atoms with Gasteiger partial charge in [-0.1, -0.05) is 107 Å². The summed E-state index contributed by atoms with van der Waals surface area (Å²) in [5.74, 6) is 0.119. The number of phosphoric ester groups is 2. The second-order valence-corrected chi connectivity index (χ2v) is 16.7. The fourth-order valence-corrected chi connectivity index (χ4v) is 5.19. The van der Waals surface area contributed by atoms with Crippen molar-refractivity contribution in [3.05, 3.63) is 57.6 Å². The molecule has 0 spiro atoms. The van der Waals surface area contributed by atoms with Crippen molar-refractivity contribution in [2.24, 2.45) is 0 Å². The Morgan fingerprint density at radius 2 is 0.825 bits per heavy atom. The van der Waals surface area contributed by atoms with Crippen LogP contribution < -0.4 is 9.05 Å². The molecule has 8 nitrogen and oxygen atoms in total. The van der Waals surface area contributed by atoms with Gasteiger partial charge < -0.3 is 9.05 Å². The molecule has 0 saturated carbocycles. The Balaban J connectivity index is 0.00000800. The number of phosphoric acid groups is 2. The fraction of sp³-hybridized carbons (Fsp3) is 0.586. The van der Waals surface area contributed by atoms with Crippen LogP contribution in [0.2, 0.25) is 0 Å². The van der Waals surface area contributed by atoms with Crippen LogP contribution in [0.5, 0.6) is 11.5 Å². The summed E-state index contributed by atoms with van der Waals surface area (Å²) >= 11 is 0. The number of rotatable bonds is 6. The van der Waals surface area contributed by atoms with E-state index in [0.29, 0.717) is 22.3 Å². The first-order chi connectivity index (χ1) is 17.1. The van der Waals surface area contributed by atoms with E-state index in [0.717, 1.165) is 11.1 Å². The van der Waals surface area contributed by atoms with Gasteiger partial charge in [0, 0.05) is 17.5 Å². The maximum absolute atomic E-state index is 12.1. The van der Waals surface area contributed by atoms with E-state index in [9.17, 15) is 28.7 Å². The highest BCUT2D eigenvalue weighted by Crippen LogP contribution is 2.50. The number of hydrogen-bond donors (Lipinski definition) is 4. The molecule has 0 atom stereocenters. The van der Waals surface area contributed by atoms with Crippen LogP contribution in [0.4, 0.5) is 0 Å². The van der Waals surface area contributed by atoms with Crippen molar-refractivity contribution in [3.8, 4) is 11.5 Å². The van der Waals surface area contributed by atoms with Gasteiger partial charge in [-0.25, -0.2) is 9.13 Å². The van der Waals surface area contributed by atoms with Gasteiger partial charge in [0.15, 0.2) is 0 Å². The molecule has 40 heavy (non-hydrogen) atoms. The molecular weight excluding hydrogens is 563 g/mol. The van der Waals surface area contributed by atoms with Gasteiger partial charge in [-0.05, 0) is 43.9 Å². The van der Waals surface area contributed by atoms with Crippen molar-refractivity contribution < 1.29 is 37.8 Å². The summed E-state index contributed by atoms with van der Waals surface area (Å²) in [7, 11) is -9.89. The minimum atomic E-state index is -4.94. The quantitative estimate of drug-likeness (QED) is 0.215. The molecule has 0 aromatic heterocycles. The first-order valence-electron chi connectivity index (χ1n) is 13.0. The number of benzene rings is 2. The monoisotopic (exact) mass is 610 g/mol. The molecule has 2 rings (SSSR count). The topological polar surface area (TPSA) is 134 Å². The molecule has 0 unspecified atom stereocenters. The van der Waals surface area contributed by atoms with Crippen LogP contribution in [0.15, 0.2) is 24.3 Å². The Hall–Kier alpha value is -0.894. The van der Waals surface area contributed by atoms with E-state index < -0.39 is 26.5 Å². The van der Waals surface area contributed by atoms with Gasteiger partial charge in [-0.2, -0.15) is 0 Å². The predicted molar refractivity (Wildman–Crippen MR) is 164 cm³/mol. The predicted octanol–water partition coefficient (Wildman–Crippen LogP) is 6.49.